The molecule has 0 radical (unpaired) electrons. The van der Waals surface area contributed by atoms with Gasteiger partial charge in [0.25, 0.3) is 0 Å². The fraction of sp³-hybridized carbons (Fsp3) is 0.364. The summed E-state index contributed by atoms with van der Waals surface area (Å²) in [7, 11) is 0. The van der Waals surface area contributed by atoms with Crippen molar-refractivity contribution in [3.8, 4) is 0 Å². The first-order chi connectivity index (χ1) is 7.13. The molecular weight excluding hydrogens is 190 g/mol. The lowest BCUT2D eigenvalue weighted by Crippen LogP contribution is -2.41. The Morgan fingerprint density at radius 2 is 2.00 bits per heavy atom. The molecule has 0 saturated heterocycles. The van der Waals surface area contributed by atoms with E-state index in [-0.39, 0.29) is 0 Å². The highest BCUT2D eigenvalue weighted by atomic mass is 16.1. The molecule has 0 heterocycles. The van der Waals surface area contributed by atoms with Crippen molar-refractivity contribution in [2.45, 2.75) is 19.4 Å². The molecule has 0 fully saturated rings. The van der Waals surface area contributed by atoms with Crippen LogP contribution in [0.4, 0.5) is 5.69 Å². The van der Waals surface area contributed by atoms with Crippen molar-refractivity contribution in [2.24, 2.45) is 11.5 Å². The summed E-state index contributed by atoms with van der Waals surface area (Å²) in [4.78, 5) is 10.7. The summed E-state index contributed by atoms with van der Waals surface area (Å²) in [5.74, 6) is -0.493. The maximum Gasteiger partial charge on any atom is 0.236 e. The number of carbonyl (C=O) groups is 1. The van der Waals surface area contributed by atoms with Crippen LogP contribution in [-0.2, 0) is 11.2 Å². The highest BCUT2D eigenvalue weighted by Gasteiger charge is 2.07. The van der Waals surface area contributed by atoms with Crippen molar-refractivity contribution in [1.29, 1.82) is 0 Å². The molecule has 1 unspecified atom stereocenters. The molecule has 1 aromatic rings. The van der Waals surface area contributed by atoms with Gasteiger partial charge in [0.1, 0.15) is 6.04 Å². The second-order valence-corrected chi connectivity index (χ2v) is 3.44. The van der Waals surface area contributed by atoms with Crippen molar-refractivity contribution in [1.82, 2.24) is 0 Å². The van der Waals surface area contributed by atoms with Gasteiger partial charge >= 0.3 is 0 Å². The Morgan fingerprint density at radius 1 is 1.40 bits per heavy atom. The zero-order chi connectivity index (χ0) is 11.3. The van der Waals surface area contributed by atoms with Crippen molar-refractivity contribution in [2.75, 3.05) is 11.9 Å². The number of nitrogens with one attached hydrogen (secondary N) is 1. The standard InChI is InChI=1S/C11H17N3O/c1-2-8-3-5-9(6-4-8)14-7-10(12)11(13)15/h3-6,10,14H,2,7,12H2,1H3,(H2,13,15). The molecule has 0 aliphatic heterocycles. The number of benzene rings is 1. The van der Waals surface area contributed by atoms with Gasteiger partial charge in [-0.25, -0.2) is 0 Å². The van der Waals surface area contributed by atoms with Gasteiger partial charge in [0, 0.05) is 12.2 Å². The molecule has 0 saturated carbocycles. The molecule has 1 aromatic carbocycles. The minimum absolute atomic E-state index is 0.362. The van der Waals surface area contributed by atoms with Crippen LogP contribution < -0.4 is 16.8 Å². The third kappa shape index (κ3) is 3.59. The van der Waals surface area contributed by atoms with Crippen LogP contribution in [0.15, 0.2) is 24.3 Å². The van der Waals surface area contributed by atoms with E-state index < -0.39 is 11.9 Å². The van der Waals surface area contributed by atoms with Gasteiger partial charge in [0.2, 0.25) is 5.91 Å². The Hall–Kier alpha value is -1.55. The van der Waals surface area contributed by atoms with Crippen LogP contribution in [-0.4, -0.2) is 18.5 Å². The molecule has 4 nitrogen and oxygen atoms in total. The van der Waals surface area contributed by atoms with E-state index in [2.05, 4.69) is 12.2 Å². The van der Waals surface area contributed by atoms with Gasteiger partial charge < -0.3 is 16.8 Å². The summed E-state index contributed by atoms with van der Waals surface area (Å²) < 4.78 is 0. The molecule has 0 aromatic heterocycles. The Kier molecular flexibility index (Phi) is 4.12. The van der Waals surface area contributed by atoms with Gasteiger partial charge in [-0.3, -0.25) is 4.79 Å². The maximum atomic E-state index is 10.7. The van der Waals surface area contributed by atoms with Crippen LogP contribution >= 0.6 is 0 Å². The fourth-order valence-corrected chi connectivity index (χ4v) is 1.19. The van der Waals surface area contributed by atoms with Gasteiger partial charge in [0.15, 0.2) is 0 Å². The van der Waals surface area contributed by atoms with Crippen LogP contribution in [0.25, 0.3) is 0 Å². The highest BCUT2D eigenvalue weighted by Crippen LogP contribution is 2.09. The van der Waals surface area contributed by atoms with E-state index in [0.29, 0.717) is 6.54 Å². The average molecular weight is 207 g/mol. The molecule has 82 valence electrons. The van der Waals surface area contributed by atoms with E-state index >= 15 is 0 Å². The fourth-order valence-electron chi connectivity index (χ4n) is 1.19. The summed E-state index contributed by atoms with van der Waals surface area (Å²) in [5, 5.41) is 3.05. The number of aryl methyl sites for hydroxylation is 1. The van der Waals surface area contributed by atoms with E-state index in [1.807, 2.05) is 24.3 Å². The number of rotatable bonds is 5. The van der Waals surface area contributed by atoms with E-state index in [0.717, 1.165) is 12.1 Å². The van der Waals surface area contributed by atoms with Crippen molar-refractivity contribution < 1.29 is 4.79 Å². The molecule has 4 heteroatoms. The van der Waals surface area contributed by atoms with Crippen molar-refractivity contribution >= 4 is 11.6 Å². The Balaban J connectivity index is 2.47. The Labute approximate surface area is 89.6 Å². The van der Waals surface area contributed by atoms with Crippen LogP contribution in [0.3, 0.4) is 0 Å². The molecule has 1 amide bonds. The number of nitrogens with two attached hydrogens (primary N) is 2. The summed E-state index contributed by atoms with van der Waals surface area (Å²) in [6, 6.07) is 7.37. The molecular formula is C11H17N3O. The van der Waals surface area contributed by atoms with Gasteiger partial charge in [-0.1, -0.05) is 19.1 Å². The predicted molar refractivity (Wildman–Crippen MR) is 61.5 cm³/mol. The lowest BCUT2D eigenvalue weighted by molar-refractivity contribution is -0.118. The average Bonchev–Trinajstić information content (AvgIpc) is 2.26. The number of carbonyl (C=O) groups excluding carboxylic acids is 1. The lowest BCUT2D eigenvalue weighted by Gasteiger charge is -2.10. The second kappa shape index (κ2) is 5.36. The normalized spacial score (nSPS) is 12.1. The zero-order valence-corrected chi connectivity index (χ0v) is 8.86. The number of hydrogen-bond donors (Lipinski definition) is 3. The zero-order valence-electron chi connectivity index (χ0n) is 8.86. The lowest BCUT2D eigenvalue weighted by atomic mass is 10.1. The number of primary amides is 1. The third-order valence-corrected chi connectivity index (χ3v) is 2.25. The van der Waals surface area contributed by atoms with Crippen molar-refractivity contribution in [3.63, 3.8) is 0 Å². The first-order valence-electron chi connectivity index (χ1n) is 5.01. The van der Waals surface area contributed by atoms with Gasteiger partial charge in [-0.05, 0) is 24.1 Å². The molecule has 0 spiro atoms. The highest BCUT2D eigenvalue weighted by molar-refractivity contribution is 5.80. The first kappa shape index (κ1) is 11.5. The minimum atomic E-state index is -0.643. The van der Waals surface area contributed by atoms with Crippen LogP contribution in [0.5, 0.6) is 0 Å². The summed E-state index contributed by atoms with van der Waals surface area (Å²) >= 11 is 0. The Morgan fingerprint density at radius 3 is 2.47 bits per heavy atom. The topological polar surface area (TPSA) is 81.1 Å². The third-order valence-electron chi connectivity index (χ3n) is 2.25. The van der Waals surface area contributed by atoms with E-state index in [1.165, 1.54) is 5.56 Å². The molecule has 0 aliphatic rings. The number of hydrogen-bond acceptors (Lipinski definition) is 3. The van der Waals surface area contributed by atoms with E-state index in [1.54, 1.807) is 0 Å². The van der Waals surface area contributed by atoms with Gasteiger partial charge in [-0.2, -0.15) is 0 Å². The predicted octanol–water partition coefficient (Wildman–Crippen LogP) is 0.474. The summed E-state index contributed by atoms with van der Waals surface area (Å²) in [6.45, 7) is 2.46. The summed E-state index contributed by atoms with van der Waals surface area (Å²) in [5.41, 5.74) is 12.8. The summed E-state index contributed by atoms with van der Waals surface area (Å²) in [6.07, 6.45) is 1.01. The number of anilines is 1. The molecule has 5 N–H and O–H groups in total. The maximum absolute atomic E-state index is 10.7. The molecule has 1 rings (SSSR count). The molecule has 15 heavy (non-hydrogen) atoms. The molecule has 0 aliphatic carbocycles. The molecule has 1 atom stereocenters. The monoisotopic (exact) mass is 207 g/mol. The first-order valence-corrected chi connectivity index (χ1v) is 5.01. The van der Waals surface area contributed by atoms with Gasteiger partial charge in [-0.15, -0.1) is 0 Å². The van der Waals surface area contributed by atoms with Crippen molar-refractivity contribution in [3.05, 3.63) is 29.8 Å². The number of amides is 1. The SMILES string of the molecule is CCc1ccc(NCC(N)C(N)=O)cc1. The van der Waals surface area contributed by atoms with Crippen LogP contribution in [0, 0.1) is 0 Å². The second-order valence-electron chi connectivity index (χ2n) is 3.44. The van der Waals surface area contributed by atoms with Gasteiger partial charge in [0.05, 0.1) is 0 Å². The largest absolute Gasteiger partial charge is 0.383 e. The Bertz CT molecular complexity index is 321. The molecule has 0 bridgehead atoms. The van der Waals surface area contributed by atoms with E-state index in [9.17, 15) is 4.79 Å². The quantitative estimate of drug-likeness (QED) is 0.656. The minimum Gasteiger partial charge on any atom is -0.383 e. The smallest absolute Gasteiger partial charge is 0.236 e. The van der Waals surface area contributed by atoms with E-state index in [4.69, 9.17) is 11.5 Å². The van der Waals surface area contributed by atoms with Crippen LogP contribution in [0.1, 0.15) is 12.5 Å². The van der Waals surface area contributed by atoms with Crippen LogP contribution in [0.2, 0.25) is 0 Å².